The highest BCUT2D eigenvalue weighted by molar-refractivity contribution is 8.28. The van der Waals surface area contributed by atoms with Gasteiger partial charge in [-0.15, -0.1) is 0 Å². The van der Waals surface area contributed by atoms with E-state index in [2.05, 4.69) is 74.6 Å². The van der Waals surface area contributed by atoms with Crippen molar-refractivity contribution in [3.05, 3.63) is 285 Å². The molecule has 0 bridgehead atoms. The number of hydrogen-bond acceptors (Lipinski definition) is 25. The normalized spacial score (nSPS) is 18.2. The lowest BCUT2D eigenvalue weighted by molar-refractivity contribution is -0.385. The molecular weight excluding hydrogens is 2100 g/mol. The fraction of sp³-hybridized carbons (Fsp3) is 0.255. The molecule has 0 saturated carbocycles. The first kappa shape index (κ1) is 110. The molecule has 6 N–H and O–H groups in total. The number of carbonyl (C=O) groups excluding carboxylic acids is 6. The first-order valence-corrected chi connectivity index (χ1v) is 50.4. The van der Waals surface area contributed by atoms with Gasteiger partial charge in [-0.2, -0.15) is 57.9 Å². The molecule has 0 aliphatic carbocycles. The predicted octanol–water partition coefficient (Wildman–Crippen LogP) is 25.3. The number of piperidine rings is 2. The molecule has 8 aliphatic rings. The summed E-state index contributed by atoms with van der Waals surface area (Å²) in [6.45, 7) is 18.9. The number of amides is 6. The summed E-state index contributed by atoms with van der Waals surface area (Å²) >= 11 is 36.5. The van der Waals surface area contributed by atoms with E-state index in [1.807, 2.05) is 45.9 Å². The number of nitriles is 1. The minimum atomic E-state index is -5.49. The second kappa shape index (κ2) is 46.0. The van der Waals surface area contributed by atoms with Crippen LogP contribution in [-0.2, 0) is 51.9 Å². The van der Waals surface area contributed by atoms with Gasteiger partial charge in [0.05, 0.1) is 69.2 Å². The van der Waals surface area contributed by atoms with E-state index in [9.17, 15) is 107 Å². The number of halogens is 12. The van der Waals surface area contributed by atoms with Crippen LogP contribution < -0.4 is 31.9 Å². The quantitative estimate of drug-likeness (QED) is 0.0175. The lowest BCUT2D eigenvalue weighted by Gasteiger charge is -2.32. The van der Waals surface area contributed by atoms with Crippen LogP contribution in [0.5, 0.6) is 0 Å². The second-order valence-electron chi connectivity index (χ2n) is 34.5. The number of nitrogens with zero attached hydrogens (tertiary/aromatic N) is 5. The van der Waals surface area contributed by atoms with Gasteiger partial charge >= 0.3 is 24.7 Å². The number of thiocarbonyl (C=S) groups is 6. The van der Waals surface area contributed by atoms with Gasteiger partial charge < -0.3 is 41.7 Å². The molecule has 8 saturated heterocycles. The Kier molecular flexibility index (Phi) is 35.5. The first-order valence-electron chi connectivity index (χ1n) is 43.0. The number of aryl methyl sites for hydroxylation is 2. The summed E-state index contributed by atoms with van der Waals surface area (Å²) in [5, 5.41) is 48.3. The third-order valence-electron chi connectivity index (χ3n) is 22.3. The maximum atomic E-state index is 13.8. The summed E-state index contributed by atoms with van der Waals surface area (Å²) in [4.78, 5) is 99.7. The van der Waals surface area contributed by atoms with Crippen LogP contribution in [0.1, 0.15) is 164 Å². The molecule has 0 unspecified atom stereocenters. The number of non-ortho nitro benzene ring substituents is 1. The van der Waals surface area contributed by atoms with Crippen LogP contribution in [0.15, 0.2) is 187 Å². The minimum Gasteiger partial charge on any atom is -0.370 e. The zero-order valence-corrected chi connectivity index (χ0v) is 86.0. The summed E-state index contributed by atoms with van der Waals surface area (Å²) in [7, 11) is 0. The Hall–Kier alpha value is -11.3. The summed E-state index contributed by atoms with van der Waals surface area (Å²) in [5.41, 5.74) is 5.44. The van der Waals surface area contributed by atoms with E-state index in [4.69, 9.17) is 73.3 Å². The second-order valence-corrected chi connectivity index (χ2v) is 44.8. The third-order valence-corrected chi connectivity index (χ3v) is 29.4. The summed E-state index contributed by atoms with van der Waals surface area (Å²) in [6.07, 6.45) is -7.61. The van der Waals surface area contributed by atoms with Crippen molar-refractivity contribution < 1.29 is 91.3 Å². The molecule has 0 spiro atoms. The van der Waals surface area contributed by atoms with Crippen molar-refractivity contribution in [1.29, 1.82) is 5.26 Å². The fourth-order valence-corrected chi connectivity index (χ4v) is 22.3. The smallest absolute Gasteiger partial charge is 0.370 e. The number of hydrogen-bond donors (Lipinski definition) is 6. The molecule has 143 heavy (non-hydrogen) atoms. The number of likely N-dealkylation sites (tertiary alicyclic amines) is 2. The first-order chi connectivity index (χ1) is 67.1. The van der Waals surface area contributed by atoms with Crippen molar-refractivity contribution in [3.8, 4) is 6.07 Å². The number of nitro benzene ring substituents is 2. The van der Waals surface area contributed by atoms with Gasteiger partial charge in [0, 0.05) is 49.9 Å². The van der Waals surface area contributed by atoms with Gasteiger partial charge in [-0.25, -0.2) is 0 Å². The molecule has 0 atom stereocenters. The van der Waals surface area contributed by atoms with Crippen molar-refractivity contribution >= 4 is 285 Å². The molecule has 6 amide bonds. The van der Waals surface area contributed by atoms with Crippen molar-refractivity contribution in [3.63, 3.8) is 0 Å². The van der Waals surface area contributed by atoms with Crippen molar-refractivity contribution in [1.82, 2.24) is 41.7 Å². The summed E-state index contributed by atoms with van der Waals surface area (Å²) in [5.74, 6) is -5.59. The highest BCUT2D eigenvalue weighted by atomic mass is 32.2. The monoisotopic (exact) mass is 2180 g/mol. The number of benzene rings is 9. The standard InChI is InChI=1S/C20H23N3OS2.C19H10F3NOS2.C17H9F6NOS2.C16H17N3O3S2.C15H14F3NOS2.C11H8N2O3S2/c1-20(2,3)14-7-8-15(13(11-14)12-21)16(23-9-5-4-6-10-23)17-18(24)22-19(25)26-17;20-19(21,22)16-12-7-3-1-5-10(12)14(11-6-2-4-8-13(11)16)9-15-17(24)23-18(25)26-15;18-16(19,20)13(17(21,22)23)11-6-5-8(9-3-1-2-4-10(9)11)7-12-14(25)24-15(26)27-12;1-10-5-6-11(12(9-10)19(21)22)13(18-7-3-2-4-8-18)14-15(20)17-16(23)24-14;1-14(2,3)9-5-4-8(10(7-9)15(16,17)18)6-11-12(20)19-13(21)22-11;1-6-2-7(4-8(3-6)13(15)16)5-9-10(14)12-11(17)18-9/h7-8,11H,4-6,9-10H2,1-3H3,(H,22,24,25);1-9H,(H,23,24,25);1-7,13H,(H,24,25,26);5-6,9H,2-4,7-8H2,1H3,(H,17,20,23);4-7H,1-3H3,(H,19,20,21);2-5H,1H3,(H,12,14,17)/b17-16+;15-9-;12-7-;14-13+;11-6-;9-5-. The molecule has 9 aromatic rings. The zero-order chi connectivity index (χ0) is 105. The molecule has 9 aromatic carbocycles. The Bertz CT molecular complexity index is 6990. The number of alkyl halides is 12. The minimum absolute atomic E-state index is 0.00725. The van der Waals surface area contributed by atoms with Crippen LogP contribution in [0.4, 0.5) is 64.1 Å². The van der Waals surface area contributed by atoms with E-state index in [1.165, 1.54) is 96.7 Å². The Morgan fingerprint density at radius 2 is 0.804 bits per heavy atom. The molecule has 744 valence electrons. The molecule has 0 radical (unpaired) electrons. The van der Waals surface area contributed by atoms with E-state index in [0.717, 1.165) is 151 Å². The van der Waals surface area contributed by atoms with Gasteiger partial charge in [-0.1, -0.05) is 307 Å². The van der Waals surface area contributed by atoms with Crippen LogP contribution in [0.2, 0.25) is 0 Å². The van der Waals surface area contributed by atoms with Crippen LogP contribution in [0.25, 0.3) is 68.0 Å². The third kappa shape index (κ3) is 27.7. The van der Waals surface area contributed by atoms with Gasteiger partial charge in [0.25, 0.3) is 46.8 Å². The van der Waals surface area contributed by atoms with E-state index in [0.29, 0.717) is 86.8 Å². The van der Waals surface area contributed by atoms with Gasteiger partial charge in [0.2, 0.25) is 0 Å². The molecule has 0 aromatic heterocycles. The van der Waals surface area contributed by atoms with Crippen LogP contribution in [0.3, 0.4) is 0 Å². The molecule has 17 rings (SSSR count). The lowest BCUT2D eigenvalue weighted by atomic mass is 9.85. The predicted molar refractivity (Wildman–Crippen MR) is 568 cm³/mol. The van der Waals surface area contributed by atoms with E-state index >= 15 is 0 Å². The molecule has 21 nitrogen and oxygen atoms in total. The molecular formula is C98H81F12N11O10S12. The largest absolute Gasteiger partial charge is 0.417 e. The van der Waals surface area contributed by atoms with Crippen LogP contribution in [0, 0.1) is 45.4 Å². The van der Waals surface area contributed by atoms with Crippen molar-refractivity contribution in [2.45, 2.75) is 135 Å². The molecule has 8 aliphatic heterocycles. The number of carbonyl (C=O) groups is 6. The highest BCUT2D eigenvalue weighted by Gasteiger charge is 2.58. The molecule has 8 fully saturated rings. The highest BCUT2D eigenvalue weighted by Crippen LogP contribution is 2.51. The topological polar surface area (TPSA) is 291 Å². The van der Waals surface area contributed by atoms with E-state index in [1.54, 1.807) is 79.7 Å². The van der Waals surface area contributed by atoms with Gasteiger partial charge in [-0.05, 0) is 188 Å². The maximum absolute atomic E-state index is 13.8. The fourth-order valence-electron chi connectivity index (χ4n) is 15.9. The van der Waals surface area contributed by atoms with Gasteiger partial charge in [0.15, 0.2) is 5.92 Å². The Morgan fingerprint density at radius 3 is 1.21 bits per heavy atom. The number of fused-ring (bicyclic) bond motifs is 3. The Labute approximate surface area is 868 Å². The Balaban J connectivity index is 0.000000154. The van der Waals surface area contributed by atoms with Crippen molar-refractivity contribution in [2.75, 3.05) is 26.2 Å². The zero-order valence-electron chi connectivity index (χ0n) is 76.2. The summed E-state index contributed by atoms with van der Waals surface area (Å²) in [6, 6.07) is 42.5. The SMILES string of the molecule is CC(C)(C)c1ccc(/C(=C2\SC(=S)NC2=O)N2CCCCC2)c(C#N)c1.CC(C)(C)c1ccc(/C=C2\SC(=S)NC2=O)c(C(F)(F)F)c1.Cc1cc(/C=C2\SC(=S)NC2=O)cc([N+](=O)[O-])c1.Cc1ccc(/C(=C2\SC(=S)NC2=O)N2CCCCC2)c([N+](=O)[O-])c1.O=C1NC(=S)S/C1=C\c1c2ccccc2c(C(F)(F)F)c2ccccc12.O=C1NC(=S)S/C1=C\c1ccc(C(C(F)(F)F)C(F)(F)F)c2ccccc12. The Morgan fingerprint density at radius 1 is 0.413 bits per heavy atom. The van der Waals surface area contributed by atoms with Crippen LogP contribution >= 0.6 is 144 Å². The molecule has 8 heterocycles. The van der Waals surface area contributed by atoms with Gasteiger partial charge in [0.1, 0.15) is 35.7 Å². The van der Waals surface area contributed by atoms with E-state index in [-0.39, 0.29) is 90.9 Å². The average molecular weight is 2190 g/mol. The van der Waals surface area contributed by atoms with Crippen molar-refractivity contribution in [2.24, 2.45) is 0 Å². The maximum Gasteiger partial charge on any atom is 0.417 e. The molecule has 45 heteroatoms. The lowest BCUT2D eigenvalue weighted by Crippen LogP contribution is -2.34. The number of rotatable bonds is 11. The van der Waals surface area contributed by atoms with Gasteiger partial charge in [-0.3, -0.25) is 49.0 Å². The number of nitro groups is 2. The van der Waals surface area contributed by atoms with E-state index < -0.39 is 69.5 Å². The average Bonchev–Trinajstić information content (AvgIpc) is 1.43. The van der Waals surface area contributed by atoms with Crippen LogP contribution in [-0.4, -0.2) is 120 Å². The summed E-state index contributed by atoms with van der Waals surface area (Å²) < 4.78 is 162. The number of nitrogens with one attached hydrogen (secondary N) is 6. The number of thioether (sulfide) groups is 6.